The van der Waals surface area contributed by atoms with Gasteiger partial charge in [-0.3, -0.25) is 4.79 Å². The van der Waals surface area contributed by atoms with Gasteiger partial charge in [-0.15, -0.1) is 0 Å². The first kappa shape index (κ1) is 9.04. The lowest BCUT2D eigenvalue weighted by Crippen LogP contribution is -2.42. The Hall–Kier alpha value is -0.530. The molecule has 74 valence electrons. The minimum atomic E-state index is 0.0104. The van der Waals surface area contributed by atoms with Crippen LogP contribution in [0.3, 0.4) is 0 Å². The fraction of sp³-hybridized carbons (Fsp3) is 0.909. The Morgan fingerprint density at radius 1 is 1.46 bits per heavy atom. The van der Waals surface area contributed by atoms with Gasteiger partial charge < -0.3 is 4.74 Å². The summed E-state index contributed by atoms with van der Waals surface area (Å²) in [6.45, 7) is 5.26. The second kappa shape index (κ2) is 3.00. The maximum absolute atomic E-state index is 11.2. The summed E-state index contributed by atoms with van der Waals surface area (Å²) in [7, 11) is 0. The van der Waals surface area contributed by atoms with Crippen LogP contribution in [0.4, 0.5) is 0 Å². The predicted molar refractivity (Wildman–Crippen MR) is 50.2 cm³/mol. The van der Waals surface area contributed by atoms with Gasteiger partial charge in [0.15, 0.2) is 0 Å². The van der Waals surface area contributed by atoms with Crippen molar-refractivity contribution in [2.75, 3.05) is 6.61 Å². The summed E-state index contributed by atoms with van der Waals surface area (Å²) in [5.74, 6) is 1.22. The zero-order valence-corrected chi connectivity index (χ0v) is 8.51. The molecule has 0 aromatic rings. The zero-order chi connectivity index (χ0) is 9.47. The van der Waals surface area contributed by atoms with Gasteiger partial charge in [-0.2, -0.15) is 0 Å². The molecule has 1 aliphatic heterocycles. The highest BCUT2D eigenvalue weighted by atomic mass is 16.5. The highest BCUT2D eigenvalue weighted by molar-refractivity contribution is 5.70. The van der Waals surface area contributed by atoms with Gasteiger partial charge in [0.05, 0.1) is 6.61 Å². The average Bonchev–Trinajstić information content (AvgIpc) is 2.06. The first-order valence-electron chi connectivity index (χ1n) is 5.25. The molecule has 0 N–H and O–H groups in total. The molecule has 0 radical (unpaired) electrons. The summed E-state index contributed by atoms with van der Waals surface area (Å²) in [5.41, 5.74) is 0.350. The molecule has 1 saturated carbocycles. The zero-order valence-electron chi connectivity index (χ0n) is 8.51. The van der Waals surface area contributed by atoms with Crippen LogP contribution in [-0.2, 0) is 9.53 Å². The van der Waals surface area contributed by atoms with E-state index in [-0.39, 0.29) is 5.97 Å². The van der Waals surface area contributed by atoms with Crippen molar-refractivity contribution in [1.82, 2.24) is 0 Å². The van der Waals surface area contributed by atoms with Crippen molar-refractivity contribution in [2.45, 2.75) is 39.5 Å². The fourth-order valence-corrected chi connectivity index (χ4v) is 2.93. The largest absolute Gasteiger partial charge is 0.465 e. The van der Waals surface area contributed by atoms with Crippen molar-refractivity contribution in [3.8, 4) is 0 Å². The van der Waals surface area contributed by atoms with Crippen LogP contribution in [0.2, 0.25) is 0 Å². The minimum Gasteiger partial charge on any atom is -0.465 e. The molecule has 2 rings (SSSR count). The van der Waals surface area contributed by atoms with Crippen LogP contribution in [0, 0.1) is 17.3 Å². The third-order valence-corrected chi connectivity index (χ3v) is 3.81. The summed E-state index contributed by atoms with van der Waals surface area (Å²) in [5, 5.41) is 0. The molecule has 2 heteroatoms. The Balaban J connectivity index is 2.14. The lowest BCUT2D eigenvalue weighted by molar-refractivity contribution is -0.159. The van der Waals surface area contributed by atoms with E-state index in [9.17, 15) is 4.79 Å². The van der Waals surface area contributed by atoms with Crippen molar-refractivity contribution in [3.05, 3.63) is 0 Å². The van der Waals surface area contributed by atoms with Crippen molar-refractivity contribution in [1.29, 1.82) is 0 Å². The number of rotatable bonds is 0. The lowest BCUT2D eigenvalue weighted by atomic mass is 9.62. The number of fused-ring (bicyclic) bond motifs is 1. The Labute approximate surface area is 79.7 Å². The van der Waals surface area contributed by atoms with Crippen LogP contribution in [0.5, 0.6) is 0 Å². The van der Waals surface area contributed by atoms with Crippen molar-refractivity contribution >= 4 is 5.97 Å². The third-order valence-electron chi connectivity index (χ3n) is 3.81. The summed E-state index contributed by atoms with van der Waals surface area (Å²) in [6.07, 6.45) is 4.46. The summed E-state index contributed by atoms with van der Waals surface area (Å²) in [4.78, 5) is 11.2. The number of ether oxygens (including phenoxy) is 1. The number of carbonyl (C=O) groups is 1. The van der Waals surface area contributed by atoms with E-state index in [1.54, 1.807) is 0 Å². The molecule has 2 aliphatic rings. The summed E-state index contributed by atoms with van der Waals surface area (Å²) < 4.78 is 5.10. The van der Waals surface area contributed by atoms with Gasteiger partial charge in [0, 0.05) is 6.42 Å². The van der Waals surface area contributed by atoms with E-state index < -0.39 is 0 Å². The Morgan fingerprint density at radius 2 is 2.23 bits per heavy atom. The molecule has 2 nitrogen and oxygen atoms in total. The van der Waals surface area contributed by atoms with E-state index in [0.29, 0.717) is 30.3 Å². The summed E-state index contributed by atoms with van der Waals surface area (Å²) >= 11 is 0. The molecule has 0 amide bonds. The molecule has 1 saturated heterocycles. The number of hydrogen-bond donors (Lipinski definition) is 0. The first-order chi connectivity index (χ1) is 6.09. The Morgan fingerprint density at radius 3 is 3.00 bits per heavy atom. The minimum absolute atomic E-state index is 0.0104. The van der Waals surface area contributed by atoms with Crippen LogP contribution in [0.15, 0.2) is 0 Å². The molecule has 0 bridgehead atoms. The molecular weight excluding hydrogens is 164 g/mol. The number of esters is 1. The molecule has 0 spiro atoms. The molecule has 0 aromatic heterocycles. The smallest absolute Gasteiger partial charge is 0.306 e. The molecular formula is C11H18O2. The van der Waals surface area contributed by atoms with Crippen molar-refractivity contribution in [2.24, 2.45) is 17.3 Å². The predicted octanol–water partition coefficient (Wildman–Crippen LogP) is 2.38. The van der Waals surface area contributed by atoms with Crippen LogP contribution in [0.25, 0.3) is 0 Å². The molecule has 0 unspecified atom stereocenters. The maximum Gasteiger partial charge on any atom is 0.306 e. The number of hydrogen-bond acceptors (Lipinski definition) is 2. The standard InChI is InChI=1S/C11H18O2/c1-11(2)5-3-4-8-7-13-10(12)6-9(8)11/h8-9H,3-7H2,1-2H3/t8-,9-/m1/s1. The van der Waals surface area contributed by atoms with E-state index in [1.165, 1.54) is 19.3 Å². The first-order valence-corrected chi connectivity index (χ1v) is 5.25. The number of carbonyl (C=O) groups excluding carboxylic acids is 1. The third kappa shape index (κ3) is 1.59. The molecule has 13 heavy (non-hydrogen) atoms. The van der Waals surface area contributed by atoms with E-state index in [4.69, 9.17) is 4.74 Å². The van der Waals surface area contributed by atoms with Crippen LogP contribution < -0.4 is 0 Å². The van der Waals surface area contributed by atoms with Gasteiger partial charge in [0.1, 0.15) is 0 Å². The molecule has 2 fully saturated rings. The highest BCUT2D eigenvalue weighted by Crippen LogP contribution is 2.47. The molecule has 1 aliphatic carbocycles. The normalized spacial score (nSPS) is 37.8. The monoisotopic (exact) mass is 182 g/mol. The second-order valence-corrected chi connectivity index (χ2v) is 5.13. The molecule has 2 atom stereocenters. The van der Waals surface area contributed by atoms with Crippen LogP contribution >= 0.6 is 0 Å². The lowest BCUT2D eigenvalue weighted by Gasteiger charge is -2.45. The van der Waals surface area contributed by atoms with Crippen LogP contribution in [-0.4, -0.2) is 12.6 Å². The quantitative estimate of drug-likeness (QED) is 0.538. The number of cyclic esters (lactones) is 1. The van der Waals surface area contributed by atoms with E-state index in [0.717, 1.165) is 0 Å². The van der Waals surface area contributed by atoms with Gasteiger partial charge in [-0.05, 0) is 30.1 Å². The van der Waals surface area contributed by atoms with E-state index in [1.807, 2.05) is 0 Å². The van der Waals surface area contributed by atoms with E-state index in [2.05, 4.69) is 13.8 Å². The van der Waals surface area contributed by atoms with Gasteiger partial charge >= 0.3 is 5.97 Å². The second-order valence-electron chi connectivity index (χ2n) is 5.13. The molecule has 1 heterocycles. The topological polar surface area (TPSA) is 26.3 Å². The Kier molecular flexibility index (Phi) is 2.09. The van der Waals surface area contributed by atoms with Crippen LogP contribution in [0.1, 0.15) is 39.5 Å². The summed E-state index contributed by atoms with van der Waals surface area (Å²) in [6, 6.07) is 0. The van der Waals surface area contributed by atoms with Gasteiger partial charge in [-0.1, -0.05) is 20.3 Å². The SMILES string of the molecule is CC1(C)CCC[C@@H]2COC(=O)C[C@H]21. The van der Waals surface area contributed by atoms with Gasteiger partial charge in [0.25, 0.3) is 0 Å². The van der Waals surface area contributed by atoms with Crippen molar-refractivity contribution in [3.63, 3.8) is 0 Å². The highest BCUT2D eigenvalue weighted by Gasteiger charge is 2.42. The maximum atomic E-state index is 11.2. The van der Waals surface area contributed by atoms with Gasteiger partial charge in [-0.25, -0.2) is 0 Å². The molecule has 0 aromatic carbocycles. The fourth-order valence-electron chi connectivity index (χ4n) is 2.93. The van der Waals surface area contributed by atoms with Crippen molar-refractivity contribution < 1.29 is 9.53 Å². The van der Waals surface area contributed by atoms with Gasteiger partial charge in [0.2, 0.25) is 0 Å². The van der Waals surface area contributed by atoms with E-state index >= 15 is 0 Å². The average molecular weight is 182 g/mol. The Bertz CT molecular complexity index is 220.